The van der Waals surface area contributed by atoms with Crippen LogP contribution in [0.4, 0.5) is 11.7 Å². The molecule has 0 aliphatic carbocycles. The van der Waals surface area contributed by atoms with E-state index in [0.29, 0.717) is 6.01 Å². The van der Waals surface area contributed by atoms with Crippen molar-refractivity contribution in [3.8, 4) is 5.75 Å². The summed E-state index contributed by atoms with van der Waals surface area (Å²) in [5.74, 6) is 0.912. The average molecular weight is 418 g/mol. The van der Waals surface area contributed by atoms with E-state index in [0.717, 1.165) is 62.7 Å². The molecule has 1 fully saturated rings. The molecule has 0 saturated carbocycles. The zero-order valence-electron chi connectivity index (χ0n) is 17.9. The number of benzene rings is 2. The van der Waals surface area contributed by atoms with Gasteiger partial charge in [0.1, 0.15) is 11.3 Å². The normalized spacial score (nSPS) is 16.8. The molecule has 4 aromatic rings. The summed E-state index contributed by atoms with van der Waals surface area (Å²) < 4.78 is 19.3. The molecule has 0 bridgehead atoms. The Hall–Kier alpha value is -3.19. The lowest BCUT2D eigenvalue weighted by Crippen LogP contribution is -2.36. The third-order valence-electron chi connectivity index (χ3n) is 6.62. The molecule has 2 aromatic carbocycles. The van der Waals surface area contributed by atoms with E-state index in [2.05, 4.69) is 56.7 Å². The molecule has 7 nitrogen and oxygen atoms in total. The van der Waals surface area contributed by atoms with Crippen molar-refractivity contribution < 1.29 is 13.9 Å². The van der Waals surface area contributed by atoms with Crippen molar-refractivity contribution in [1.29, 1.82) is 0 Å². The topological polar surface area (TPSA) is 55.9 Å². The second-order valence-electron chi connectivity index (χ2n) is 8.29. The maximum atomic E-state index is 6.12. The van der Waals surface area contributed by atoms with E-state index in [1.54, 1.807) is 7.11 Å². The number of aromatic nitrogens is 2. The molecule has 31 heavy (non-hydrogen) atoms. The van der Waals surface area contributed by atoms with Crippen molar-refractivity contribution in [2.24, 2.45) is 7.05 Å². The highest BCUT2D eigenvalue weighted by Crippen LogP contribution is 2.35. The number of anilines is 2. The highest BCUT2D eigenvalue weighted by atomic mass is 16.5. The molecule has 0 spiro atoms. The van der Waals surface area contributed by atoms with Gasteiger partial charge in [0.25, 0.3) is 6.01 Å². The maximum Gasteiger partial charge on any atom is 0.298 e. The van der Waals surface area contributed by atoms with Gasteiger partial charge in [0, 0.05) is 55.0 Å². The minimum Gasteiger partial charge on any atom is -0.497 e. The number of hydrogen-bond donors (Lipinski definition) is 0. The molecule has 0 unspecified atom stereocenters. The number of fused-ring (bicyclic) bond motifs is 4. The van der Waals surface area contributed by atoms with Crippen LogP contribution >= 0.6 is 0 Å². The van der Waals surface area contributed by atoms with Crippen LogP contribution in [0.1, 0.15) is 11.3 Å². The van der Waals surface area contributed by atoms with Crippen molar-refractivity contribution in [3.63, 3.8) is 0 Å². The van der Waals surface area contributed by atoms with Gasteiger partial charge in [-0.05, 0) is 42.3 Å². The second kappa shape index (κ2) is 7.20. The molecule has 1 saturated heterocycles. The predicted molar refractivity (Wildman–Crippen MR) is 121 cm³/mol. The summed E-state index contributed by atoms with van der Waals surface area (Å²) in [6.45, 7) is 4.92. The Kier molecular flexibility index (Phi) is 4.31. The predicted octanol–water partition coefficient (Wildman–Crippen LogP) is 3.73. The molecule has 2 aliphatic heterocycles. The average Bonchev–Trinajstić information content (AvgIpc) is 3.38. The molecule has 2 aliphatic rings. The van der Waals surface area contributed by atoms with Crippen molar-refractivity contribution in [1.82, 2.24) is 9.55 Å². The van der Waals surface area contributed by atoms with Crippen LogP contribution < -0.4 is 14.5 Å². The van der Waals surface area contributed by atoms with Crippen LogP contribution in [0.15, 0.2) is 40.8 Å². The Bertz CT molecular complexity index is 1270. The van der Waals surface area contributed by atoms with Crippen molar-refractivity contribution >= 4 is 33.7 Å². The summed E-state index contributed by atoms with van der Waals surface area (Å²) in [5.41, 5.74) is 6.97. The highest BCUT2D eigenvalue weighted by Gasteiger charge is 2.24. The minimum atomic E-state index is 0.694. The third kappa shape index (κ3) is 3.03. The molecule has 0 amide bonds. The Morgan fingerprint density at radius 2 is 1.87 bits per heavy atom. The smallest absolute Gasteiger partial charge is 0.298 e. The molecule has 4 heterocycles. The monoisotopic (exact) mass is 418 g/mol. The maximum absolute atomic E-state index is 6.12. The summed E-state index contributed by atoms with van der Waals surface area (Å²) in [5, 5.41) is 1.30. The number of nitrogens with zero attached hydrogens (tertiary/aromatic N) is 4. The first-order valence-electron chi connectivity index (χ1n) is 10.8. The molecule has 160 valence electrons. The largest absolute Gasteiger partial charge is 0.497 e. The van der Waals surface area contributed by atoms with Crippen molar-refractivity contribution in [2.45, 2.75) is 13.0 Å². The molecule has 0 atom stereocenters. The molecule has 6 rings (SSSR count). The SMILES string of the molecule is COc1ccc2c(c1)c1c(n2C)CN(c2ccc3nc(N4CCOCC4)oc3c2)CC1. The fourth-order valence-corrected chi connectivity index (χ4v) is 4.87. The number of hydrogen-bond acceptors (Lipinski definition) is 6. The van der Waals surface area contributed by atoms with Gasteiger partial charge < -0.3 is 28.3 Å². The lowest BCUT2D eigenvalue weighted by Gasteiger charge is -2.30. The van der Waals surface area contributed by atoms with Crippen LogP contribution in [0.2, 0.25) is 0 Å². The van der Waals surface area contributed by atoms with Crippen molar-refractivity contribution in [3.05, 3.63) is 47.7 Å². The first-order valence-corrected chi connectivity index (χ1v) is 10.8. The number of morpholine rings is 1. The zero-order chi connectivity index (χ0) is 20.9. The molecule has 2 aromatic heterocycles. The van der Waals surface area contributed by atoms with Gasteiger partial charge in [-0.15, -0.1) is 0 Å². The molecular weight excluding hydrogens is 392 g/mol. The Morgan fingerprint density at radius 3 is 2.71 bits per heavy atom. The van der Waals surface area contributed by atoms with E-state index in [-0.39, 0.29) is 0 Å². The minimum absolute atomic E-state index is 0.694. The van der Waals surface area contributed by atoms with E-state index in [1.807, 2.05) is 6.07 Å². The number of oxazole rings is 1. The lowest BCUT2D eigenvalue weighted by atomic mass is 10.0. The van der Waals surface area contributed by atoms with Crippen LogP contribution in [0.5, 0.6) is 5.75 Å². The highest BCUT2D eigenvalue weighted by molar-refractivity contribution is 5.87. The number of aryl methyl sites for hydroxylation is 1. The quantitative estimate of drug-likeness (QED) is 0.505. The molecular formula is C24H26N4O3. The summed E-state index contributed by atoms with van der Waals surface area (Å²) in [4.78, 5) is 9.27. The number of ether oxygens (including phenoxy) is 2. The lowest BCUT2D eigenvalue weighted by molar-refractivity contribution is 0.120. The summed E-state index contributed by atoms with van der Waals surface area (Å²) in [6, 6.07) is 13.4. The van der Waals surface area contributed by atoms with E-state index >= 15 is 0 Å². The van der Waals surface area contributed by atoms with E-state index in [9.17, 15) is 0 Å². The van der Waals surface area contributed by atoms with Gasteiger partial charge in [0.15, 0.2) is 5.58 Å². The Labute approximate surface area is 180 Å². The van der Waals surface area contributed by atoms with Gasteiger partial charge in [-0.3, -0.25) is 0 Å². The first-order chi connectivity index (χ1) is 15.2. The first kappa shape index (κ1) is 18.6. The van der Waals surface area contributed by atoms with Gasteiger partial charge in [0.05, 0.1) is 26.9 Å². The van der Waals surface area contributed by atoms with Crippen LogP contribution in [0.3, 0.4) is 0 Å². The summed E-state index contributed by atoms with van der Waals surface area (Å²) in [7, 11) is 3.88. The second-order valence-corrected chi connectivity index (χ2v) is 8.29. The zero-order valence-corrected chi connectivity index (χ0v) is 17.9. The molecule has 0 radical (unpaired) electrons. The fraction of sp³-hybridized carbons (Fsp3) is 0.375. The summed E-state index contributed by atoms with van der Waals surface area (Å²) in [6.07, 6.45) is 1.01. The van der Waals surface area contributed by atoms with Crippen LogP contribution in [-0.2, 0) is 24.8 Å². The van der Waals surface area contributed by atoms with E-state index < -0.39 is 0 Å². The summed E-state index contributed by atoms with van der Waals surface area (Å²) >= 11 is 0. The third-order valence-corrected chi connectivity index (χ3v) is 6.62. The fourth-order valence-electron chi connectivity index (χ4n) is 4.87. The van der Waals surface area contributed by atoms with Crippen molar-refractivity contribution in [2.75, 3.05) is 49.8 Å². The van der Waals surface area contributed by atoms with Crippen LogP contribution in [0, 0.1) is 0 Å². The van der Waals surface area contributed by atoms with E-state index in [1.165, 1.54) is 27.8 Å². The number of methoxy groups -OCH3 is 1. The molecule has 7 heteroatoms. The van der Waals surface area contributed by atoms with Gasteiger partial charge in [-0.25, -0.2) is 0 Å². The molecule has 0 N–H and O–H groups in total. The van der Waals surface area contributed by atoms with Gasteiger partial charge in [-0.1, -0.05) is 0 Å². The van der Waals surface area contributed by atoms with Crippen LogP contribution in [0.25, 0.3) is 22.0 Å². The standard InChI is InChI=1S/C24H26N4O3/c1-26-21-6-4-17(29-2)14-19(21)18-7-8-28(15-22(18)26)16-3-5-20-23(13-16)31-24(25-20)27-9-11-30-12-10-27/h3-6,13-14H,7-12,15H2,1-2H3. The van der Waals surface area contributed by atoms with Gasteiger partial charge in [0.2, 0.25) is 0 Å². The Balaban J connectivity index is 1.32. The van der Waals surface area contributed by atoms with Crippen LogP contribution in [-0.4, -0.2) is 49.5 Å². The van der Waals surface area contributed by atoms with Gasteiger partial charge >= 0.3 is 0 Å². The number of rotatable bonds is 3. The van der Waals surface area contributed by atoms with E-state index in [4.69, 9.17) is 13.9 Å². The van der Waals surface area contributed by atoms with Gasteiger partial charge in [-0.2, -0.15) is 4.98 Å². The Morgan fingerprint density at radius 1 is 1.00 bits per heavy atom.